The standard InChI is InChI=1S/C30H27F9O3S3/c31-27(32,29(35,36)37)28(33,34)30(38,39)45(40,41)42-44(23-7-3-1-4-8-23,24-9-5-2-6-10-24)25-17-15-22(16-18-25)43-26-19-20-11-13-21(26)14-12-20/h1-10,15-18,20-21,26H,11-14,19H2/p+1. The summed E-state index contributed by atoms with van der Waals surface area (Å²) in [4.78, 5) is 0.605. The van der Waals surface area contributed by atoms with E-state index in [1.165, 1.54) is 85.6 Å². The number of hydrogen-bond donors (Lipinski definition) is 0. The minimum Gasteiger partial charge on any atom is -0.257 e. The number of hydrogen-bond acceptors (Lipinski definition) is 3. The zero-order chi connectivity index (χ0) is 32.9. The van der Waals surface area contributed by atoms with Crippen LogP contribution >= 0.6 is 22.1 Å². The van der Waals surface area contributed by atoms with Gasteiger partial charge in [0.05, 0.1) is 25.0 Å². The lowest BCUT2D eigenvalue weighted by Gasteiger charge is -2.42. The maximum atomic E-state index is 15.1. The molecule has 0 radical (unpaired) electrons. The van der Waals surface area contributed by atoms with Crippen LogP contribution in [-0.4, -0.2) is 40.6 Å². The summed E-state index contributed by atoms with van der Waals surface area (Å²) >= 11 is 1.62. The first-order valence-corrected chi connectivity index (χ1v) is 17.7. The van der Waals surface area contributed by atoms with Crippen LogP contribution in [0.15, 0.2) is 105 Å². The lowest BCUT2D eigenvalue weighted by Crippen LogP contribution is -2.63. The Morgan fingerprint density at radius 1 is 0.622 bits per heavy atom. The van der Waals surface area contributed by atoms with Gasteiger partial charge in [-0.2, -0.15) is 39.5 Å². The van der Waals surface area contributed by atoms with Gasteiger partial charge in [0.15, 0.2) is 0 Å². The molecule has 3 aromatic carbocycles. The second-order valence-electron chi connectivity index (χ2n) is 11.1. The molecule has 246 valence electrons. The van der Waals surface area contributed by atoms with Gasteiger partial charge in [-0.15, -0.1) is 20.2 Å². The largest absolute Gasteiger partial charge is 0.486 e. The van der Waals surface area contributed by atoms with Gasteiger partial charge in [0.25, 0.3) is 0 Å². The summed E-state index contributed by atoms with van der Waals surface area (Å²) in [5, 5.41) is -6.62. The van der Waals surface area contributed by atoms with E-state index in [1.807, 2.05) is 0 Å². The summed E-state index contributed by atoms with van der Waals surface area (Å²) in [6.45, 7) is 0. The van der Waals surface area contributed by atoms with Crippen molar-refractivity contribution in [3.63, 3.8) is 0 Å². The van der Waals surface area contributed by atoms with Crippen molar-refractivity contribution >= 4 is 32.2 Å². The van der Waals surface area contributed by atoms with Crippen molar-refractivity contribution in [1.29, 1.82) is 0 Å². The predicted octanol–water partition coefficient (Wildman–Crippen LogP) is 10.4. The maximum Gasteiger partial charge on any atom is 0.486 e. The highest BCUT2D eigenvalue weighted by atomic mass is 32.3. The van der Waals surface area contributed by atoms with Crippen LogP contribution < -0.4 is 0 Å². The molecular weight excluding hydrogens is 676 g/mol. The number of thioether (sulfide) groups is 1. The van der Waals surface area contributed by atoms with E-state index in [-0.39, 0.29) is 14.7 Å². The number of fused-ring (bicyclic) bond motifs is 3. The van der Waals surface area contributed by atoms with E-state index in [2.05, 4.69) is 3.63 Å². The molecule has 0 amide bonds. The van der Waals surface area contributed by atoms with E-state index in [1.54, 1.807) is 23.9 Å². The molecule has 1 N–H and O–H groups in total. The van der Waals surface area contributed by atoms with Crippen LogP contribution in [0.1, 0.15) is 32.1 Å². The number of halogens is 9. The lowest BCUT2D eigenvalue weighted by atomic mass is 9.70. The van der Waals surface area contributed by atoms with Gasteiger partial charge in [0.2, 0.25) is 0 Å². The zero-order valence-corrected chi connectivity index (χ0v) is 25.7. The molecular formula is C30H28F9O3S3+. The van der Waals surface area contributed by atoms with Gasteiger partial charge in [-0.05, 0) is 79.6 Å². The van der Waals surface area contributed by atoms with Crippen molar-refractivity contribution < 1.29 is 51.6 Å². The minimum atomic E-state index is -7.40. The lowest BCUT2D eigenvalue weighted by molar-refractivity contribution is -0.382. The third-order valence-electron chi connectivity index (χ3n) is 8.25. The third kappa shape index (κ3) is 5.86. The van der Waals surface area contributed by atoms with Crippen LogP contribution in [0, 0.1) is 11.8 Å². The maximum absolute atomic E-state index is 15.1. The van der Waals surface area contributed by atoms with Crippen LogP contribution in [0.4, 0.5) is 39.5 Å². The van der Waals surface area contributed by atoms with Gasteiger partial charge in [0, 0.05) is 10.1 Å². The second kappa shape index (κ2) is 12.0. The van der Waals surface area contributed by atoms with Gasteiger partial charge in [0.1, 0.15) is 0 Å². The van der Waals surface area contributed by atoms with Crippen molar-refractivity contribution in [3.05, 3.63) is 84.9 Å². The highest BCUT2D eigenvalue weighted by Crippen LogP contribution is 2.70. The van der Waals surface area contributed by atoms with Crippen LogP contribution in [0.25, 0.3) is 0 Å². The van der Waals surface area contributed by atoms with E-state index >= 15 is 8.78 Å². The molecule has 0 heterocycles. The zero-order valence-electron chi connectivity index (χ0n) is 23.2. The first-order chi connectivity index (χ1) is 20.9. The van der Waals surface area contributed by atoms with E-state index in [4.69, 9.17) is 0 Å². The molecule has 0 aliphatic heterocycles. The average molecular weight is 704 g/mol. The second-order valence-corrected chi connectivity index (χ2v) is 17.0. The molecule has 0 saturated heterocycles. The van der Waals surface area contributed by atoms with Gasteiger partial charge in [-0.3, -0.25) is 3.63 Å². The summed E-state index contributed by atoms with van der Waals surface area (Å²) in [7, 11) is -11.0. The fourth-order valence-electron chi connectivity index (χ4n) is 5.84. The molecule has 0 spiro atoms. The van der Waals surface area contributed by atoms with Crippen molar-refractivity contribution in [2.24, 2.45) is 11.8 Å². The first kappa shape index (κ1) is 34.0. The van der Waals surface area contributed by atoms with Crippen molar-refractivity contribution in [2.45, 2.75) is 80.2 Å². The third-order valence-corrected chi connectivity index (χ3v) is 15.1. The van der Waals surface area contributed by atoms with Crippen molar-refractivity contribution in [3.8, 4) is 0 Å². The molecule has 3 aromatic rings. The van der Waals surface area contributed by atoms with Crippen LogP contribution in [0.3, 0.4) is 0 Å². The van der Waals surface area contributed by atoms with Crippen LogP contribution in [0.5, 0.6) is 0 Å². The van der Waals surface area contributed by atoms with E-state index in [0.29, 0.717) is 17.1 Å². The van der Waals surface area contributed by atoms with E-state index in [9.17, 15) is 39.2 Å². The highest BCUT2D eigenvalue weighted by molar-refractivity contribution is 8.32. The summed E-state index contributed by atoms with van der Waals surface area (Å²) in [5.74, 6) is -13.6. The molecule has 6 rings (SSSR count). The quantitative estimate of drug-likeness (QED) is 0.120. The fourth-order valence-corrected chi connectivity index (χ4v) is 12.8. The molecule has 3 nitrogen and oxygen atoms in total. The summed E-state index contributed by atoms with van der Waals surface area (Å²) in [6, 6.07) is 19.8. The van der Waals surface area contributed by atoms with Crippen molar-refractivity contribution in [1.82, 2.24) is 0 Å². The van der Waals surface area contributed by atoms with Gasteiger partial charge < -0.3 is 0 Å². The minimum absolute atomic E-state index is 0.0420. The number of alkyl halides is 9. The normalized spacial score (nSPS) is 21.9. The van der Waals surface area contributed by atoms with E-state index < -0.39 is 43.7 Å². The topological polar surface area (TPSA) is 46.9 Å². The number of benzene rings is 3. The molecule has 2 bridgehead atoms. The van der Waals surface area contributed by atoms with Gasteiger partial charge >= 0.3 is 33.4 Å². The molecule has 3 saturated carbocycles. The molecule has 45 heavy (non-hydrogen) atoms. The first-order valence-electron chi connectivity index (χ1n) is 13.8. The Kier molecular flexibility index (Phi) is 9.08. The SMILES string of the molecule is O=S(=O)([OH+]S(c1ccccc1)(c1ccccc1)c1ccc(SC2CC3CCC2CC3)cc1)C(F)(F)C(F)(F)C(F)(F)C(F)(F)F. The smallest absolute Gasteiger partial charge is 0.257 e. The Balaban J connectivity index is 1.62. The molecule has 1 unspecified atom stereocenters. The molecule has 3 fully saturated rings. The molecule has 15 heteroatoms. The molecule has 3 aliphatic carbocycles. The Morgan fingerprint density at radius 2 is 1.09 bits per heavy atom. The Bertz CT molecular complexity index is 1540. The number of rotatable bonds is 10. The molecule has 1 atom stereocenters. The van der Waals surface area contributed by atoms with Crippen LogP contribution in [-0.2, 0) is 10.1 Å². The Labute approximate surface area is 260 Å². The average Bonchev–Trinajstić information content (AvgIpc) is 3.01. The summed E-state index contributed by atoms with van der Waals surface area (Å²) in [5.41, 5.74) is 0. The Hall–Kier alpha value is -2.36. The Morgan fingerprint density at radius 3 is 1.51 bits per heavy atom. The van der Waals surface area contributed by atoms with E-state index in [0.717, 1.165) is 24.2 Å². The highest BCUT2D eigenvalue weighted by Gasteiger charge is 2.88. The van der Waals surface area contributed by atoms with Gasteiger partial charge in [-0.25, -0.2) is 0 Å². The molecule has 3 aliphatic rings. The van der Waals surface area contributed by atoms with Gasteiger partial charge in [-0.1, -0.05) is 49.2 Å². The van der Waals surface area contributed by atoms with Crippen LogP contribution in [0.2, 0.25) is 0 Å². The monoisotopic (exact) mass is 703 g/mol. The summed E-state index contributed by atoms with van der Waals surface area (Å²) < 4.78 is 155. The fraction of sp³-hybridized carbons (Fsp3) is 0.400. The molecule has 0 aromatic heterocycles. The predicted molar refractivity (Wildman–Crippen MR) is 154 cm³/mol. The van der Waals surface area contributed by atoms with Crippen molar-refractivity contribution in [2.75, 3.05) is 0 Å². The summed E-state index contributed by atoms with van der Waals surface area (Å²) in [6.07, 6.45) is -1.59.